The summed E-state index contributed by atoms with van der Waals surface area (Å²) in [6, 6.07) is 7.82. The third-order valence-electron chi connectivity index (χ3n) is 3.09. The minimum atomic E-state index is 0.178. The van der Waals surface area contributed by atoms with Crippen molar-refractivity contribution in [3.63, 3.8) is 0 Å². The van der Waals surface area contributed by atoms with Crippen LogP contribution < -0.4 is 5.32 Å². The largest absolute Gasteiger partial charge is 0.394 e. The van der Waals surface area contributed by atoms with Crippen LogP contribution in [0.2, 0.25) is 5.02 Å². The Balaban J connectivity index is 1.99. The standard InChI is InChI=1S/C12H16ClNO/c13-10-5-2-6-11(7-10)14-12(8-15)9-3-1-4-9/h2,5-7,9,12,14-15H,1,3-4,8H2. The molecule has 0 spiro atoms. The molecule has 1 unspecified atom stereocenters. The topological polar surface area (TPSA) is 32.3 Å². The van der Waals surface area contributed by atoms with E-state index in [4.69, 9.17) is 11.6 Å². The van der Waals surface area contributed by atoms with E-state index in [9.17, 15) is 5.11 Å². The molecule has 2 N–H and O–H groups in total. The van der Waals surface area contributed by atoms with Crippen LogP contribution in [0.3, 0.4) is 0 Å². The van der Waals surface area contributed by atoms with Gasteiger partial charge in [0.05, 0.1) is 12.6 Å². The molecule has 1 fully saturated rings. The first-order chi connectivity index (χ1) is 7.29. The van der Waals surface area contributed by atoms with Crippen LogP contribution >= 0.6 is 11.6 Å². The van der Waals surface area contributed by atoms with E-state index in [-0.39, 0.29) is 12.6 Å². The van der Waals surface area contributed by atoms with E-state index in [2.05, 4.69) is 5.32 Å². The molecule has 2 nitrogen and oxygen atoms in total. The van der Waals surface area contributed by atoms with Crippen LogP contribution in [0.5, 0.6) is 0 Å². The molecule has 3 heteroatoms. The number of anilines is 1. The number of hydrogen-bond acceptors (Lipinski definition) is 2. The van der Waals surface area contributed by atoms with Crippen molar-refractivity contribution in [3.8, 4) is 0 Å². The highest BCUT2D eigenvalue weighted by Crippen LogP contribution is 2.31. The summed E-state index contributed by atoms with van der Waals surface area (Å²) in [5.41, 5.74) is 0.994. The lowest BCUT2D eigenvalue weighted by molar-refractivity contribution is 0.187. The Labute approximate surface area is 95.3 Å². The summed E-state index contributed by atoms with van der Waals surface area (Å²) in [4.78, 5) is 0. The summed E-state index contributed by atoms with van der Waals surface area (Å²) in [6.45, 7) is 0.192. The van der Waals surface area contributed by atoms with Gasteiger partial charge in [-0.1, -0.05) is 24.1 Å². The third-order valence-corrected chi connectivity index (χ3v) is 3.33. The zero-order chi connectivity index (χ0) is 10.7. The molecule has 0 aliphatic heterocycles. The molecule has 2 rings (SSSR count). The van der Waals surface area contributed by atoms with Gasteiger partial charge in [-0.2, -0.15) is 0 Å². The fourth-order valence-electron chi connectivity index (χ4n) is 1.95. The van der Waals surface area contributed by atoms with Crippen LogP contribution in [0.4, 0.5) is 5.69 Å². The van der Waals surface area contributed by atoms with Crippen molar-refractivity contribution in [1.82, 2.24) is 0 Å². The van der Waals surface area contributed by atoms with Crippen molar-refractivity contribution in [3.05, 3.63) is 29.3 Å². The van der Waals surface area contributed by atoms with E-state index in [0.29, 0.717) is 5.92 Å². The Hall–Kier alpha value is -0.730. The fourth-order valence-corrected chi connectivity index (χ4v) is 2.14. The molecular formula is C12H16ClNO. The van der Waals surface area contributed by atoms with Gasteiger partial charge in [-0.15, -0.1) is 0 Å². The summed E-state index contributed by atoms with van der Waals surface area (Å²) in [6.07, 6.45) is 3.73. The number of aliphatic hydroxyl groups is 1. The highest BCUT2D eigenvalue weighted by Gasteiger charge is 2.26. The van der Waals surface area contributed by atoms with E-state index in [1.54, 1.807) is 0 Å². The highest BCUT2D eigenvalue weighted by molar-refractivity contribution is 6.30. The van der Waals surface area contributed by atoms with Gasteiger partial charge in [0.25, 0.3) is 0 Å². The molecule has 0 heterocycles. The van der Waals surface area contributed by atoms with Crippen LogP contribution in [0, 0.1) is 5.92 Å². The number of nitrogens with one attached hydrogen (secondary N) is 1. The molecule has 1 aromatic rings. The van der Waals surface area contributed by atoms with Crippen molar-refractivity contribution in [2.24, 2.45) is 5.92 Å². The summed E-state index contributed by atoms with van der Waals surface area (Å²) in [7, 11) is 0. The fraction of sp³-hybridized carbons (Fsp3) is 0.500. The monoisotopic (exact) mass is 225 g/mol. The molecule has 0 saturated heterocycles. The number of rotatable bonds is 4. The number of benzene rings is 1. The predicted octanol–water partition coefficient (Wildman–Crippen LogP) is 2.91. The Bertz CT molecular complexity index is 325. The minimum absolute atomic E-state index is 0.178. The molecular weight excluding hydrogens is 210 g/mol. The number of hydrogen-bond donors (Lipinski definition) is 2. The van der Waals surface area contributed by atoms with E-state index < -0.39 is 0 Å². The Kier molecular flexibility index (Phi) is 3.49. The quantitative estimate of drug-likeness (QED) is 0.826. The van der Waals surface area contributed by atoms with Crippen molar-refractivity contribution in [2.75, 3.05) is 11.9 Å². The highest BCUT2D eigenvalue weighted by atomic mass is 35.5. The average molecular weight is 226 g/mol. The van der Waals surface area contributed by atoms with Gasteiger partial charge < -0.3 is 10.4 Å². The van der Waals surface area contributed by atoms with Gasteiger partial charge in [-0.25, -0.2) is 0 Å². The number of aliphatic hydroxyl groups excluding tert-OH is 1. The van der Waals surface area contributed by atoms with Crippen LogP contribution in [0.15, 0.2) is 24.3 Å². The lowest BCUT2D eigenvalue weighted by atomic mass is 9.80. The molecule has 0 bridgehead atoms. The normalized spacial score (nSPS) is 18.3. The smallest absolute Gasteiger partial charge is 0.0635 e. The molecule has 82 valence electrons. The molecule has 1 aromatic carbocycles. The maximum Gasteiger partial charge on any atom is 0.0635 e. The zero-order valence-corrected chi connectivity index (χ0v) is 9.37. The third kappa shape index (κ3) is 2.64. The molecule has 0 radical (unpaired) electrons. The first-order valence-corrected chi connectivity index (χ1v) is 5.80. The van der Waals surface area contributed by atoms with Crippen molar-refractivity contribution in [2.45, 2.75) is 25.3 Å². The van der Waals surface area contributed by atoms with Gasteiger partial charge in [0.15, 0.2) is 0 Å². The average Bonchev–Trinajstić information content (AvgIpc) is 2.14. The first kappa shape index (κ1) is 10.8. The minimum Gasteiger partial charge on any atom is -0.394 e. The van der Waals surface area contributed by atoms with Gasteiger partial charge in [-0.3, -0.25) is 0 Å². The Morgan fingerprint density at radius 1 is 1.47 bits per heavy atom. The van der Waals surface area contributed by atoms with Crippen molar-refractivity contribution < 1.29 is 5.11 Å². The molecule has 1 aliphatic rings. The van der Waals surface area contributed by atoms with Gasteiger partial charge >= 0.3 is 0 Å². The lowest BCUT2D eigenvalue weighted by Crippen LogP contribution is -2.36. The van der Waals surface area contributed by atoms with E-state index >= 15 is 0 Å². The van der Waals surface area contributed by atoms with Crippen molar-refractivity contribution in [1.29, 1.82) is 0 Å². The van der Waals surface area contributed by atoms with Crippen molar-refractivity contribution >= 4 is 17.3 Å². The van der Waals surface area contributed by atoms with Gasteiger partial charge in [0.1, 0.15) is 0 Å². The molecule has 1 aliphatic carbocycles. The van der Waals surface area contributed by atoms with Gasteiger partial charge in [0.2, 0.25) is 0 Å². The summed E-state index contributed by atoms with van der Waals surface area (Å²) < 4.78 is 0. The second-order valence-corrected chi connectivity index (χ2v) is 4.57. The number of halogens is 1. The predicted molar refractivity (Wildman–Crippen MR) is 63.3 cm³/mol. The first-order valence-electron chi connectivity index (χ1n) is 5.42. The van der Waals surface area contributed by atoms with Crippen LogP contribution in [0.1, 0.15) is 19.3 Å². The molecule has 1 atom stereocenters. The molecule has 0 amide bonds. The lowest BCUT2D eigenvalue weighted by Gasteiger charge is -2.33. The van der Waals surface area contributed by atoms with Crippen LogP contribution in [-0.2, 0) is 0 Å². The van der Waals surface area contributed by atoms with E-state index in [0.717, 1.165) is 10.7 Å². The zero-order valence-electron chi connectivity index (χ0n) is 8.62. The molecule has 1 saturated carbocycles. The maximum absolute atomic E-state index is 9.30. The van der Waals surface area contributed by atoms with Crippen LogP contribution in [0.25, 0.3) is 0 Å². The second-order valence-electron chi connectivity index (χ2n) is 4.13. The van der Waals surface area contributed by atoms with Gasteiger partial charge in [-0.05, 0) is 37.0 Å². The van der Waals surface area contributed by atoms with Crippen LogP contribution in [-0.4, -0.2) is 17.8 Å². The summed E-state index contributed by atoms with van der Waals surface area (Å²) in [5.74, 6) is 0.619. The van der Waals surface area contributed by atoms with E-state index in [1.165, 1.54) is 19.3 Å². The Morgan fingerprint density at radius 2 is 2.27 bits per heavy atom. The summed E-state index contributed by atoms with van der Waals surface area (Å²) in [5, 5.41) is 13.4. The van der Waals surface area contributed by atoms with E-state index in [1.807, 2.05) is 24.3 Å². The second kappa shape index (κ2) is 4.86. The molecule has 0 aromatic heterocycles. The summed E-state index contributed by atoms with van der Waals surface area (Å²) >= 11 is 5.90. The molecule has 15 heavy (non-hydrogen) atoms. The SMILES string of the molecule is OCC(Nc1cccc(Cl)c1)C1CCC1. The maximum atomic E-state index is 9.30. The van der Waals surface area contributed by atoms with Gasteiger partial charge in [0, 0.05) is 10.7 Å². The Morgan fingerprint density at radius 3 is 2.80 bits per heavy atom.